The van der Waals surface area contributed by atoms with Gasteiger partial charge in [-0.15, -0.1) is 9.79 Å². The van der Waals surface area contributed by atoms with Crippen molar-refractivity contribution in [3.05, 3.63) is 35.9 Å². The molecule has 0 unspecified atom stereocenters. The molecular weight excluding hydrogens is 219 g/mol. The van der Waals surface area contributed by atoms with Crippen LogP contribution in [-0.4, -0.2) is 22.9 Å². The van der Waals surface area contributed by atoms with Gasteiger partial charge in [0, 0.05) is 4.57 Å². The van der Waals surface area contributed by atoms with Crippen LogP contribution in [0.1, 0.15) is 5.56 Å². The molecule has 0 aliphatic rings. The summed E-state index contributed by atoms with van der Waals surface area (Å²) < 4.78 is 13.2. The van der Waals surface area contributed by atoms with Gasteiger partial charge in [0.1, 0.15) is 0 Å². The fraction of sp³-hybridized carbons (Fsp3) is 0.222. The third-order valence-electron chi connectivity index (χ3n) is 1.42. The van der Waals surface area contributed by atoms with Crippen molar-refractivity contribution in [2.24, 2.45) is 0 Å². The third kappa shape index (κ3) is 9.02. The summed E-state index contributed by atoms with van der Waals surface area (Å²) in [5.74, 6) is -0.198. The molecule has 5 nitrogen and oxygen atoms in total. The predicted octanol–water partition coefficient (Wildman–Crippen LogP) is 1.03. The minimum Gasteiger partial charge on any atom is -0.469 e. The number of benzene rings is 1. The minimum atomic E-state index is -2.87. The molecule has 6 heteroatoms. The number of esters is 1. The second-order valence-electron chi connectivity index (χ2n) is 2.49. The van der Waals surface area contributed by atoms with Gasteiger partial charge in [-0.2, -0.15) is 0 Å². The van der Waals surface area contributed by atoms with E-state index in [0.29, 0.717) is 6.42 Å². The van der Waals surface area contributed by atoms with Crippen LogP contribution in [0.5, 0.6) is 0 Å². The fourth-order valence-electron chi connectivity index (χ4n) is 0.835. The van der Waals surface area contributed by atoms with Crippen LogP contribution in [0, 0.1) is 0 Å². The fourth-order valence-corrected chi connectivity index (χ4v) is 0.835. The van der Waals surface area contributed by atoms with Crippen molar-refractivity contribution in [2.75, 3.05) is 7.11 Å². The molecule has 0 aliphatic carbocycles. The Morgan fingerprint density at radius 1 is 1.33 bits per heavy atom. The topological polar surface area (TPSA) is 83.8 Å². The number of rotatable bonds is 2. The zero-order valence-corrected chi connectivity index (χ0v) is 9.05. The number of hydrogen-bond donors (Lipinski definition) is 2. The van der Waals surface area contributed by atoms with Crippen LogP contribution in [0.15, 0.2) is 30.3 Å². The molecule has 1 aromatic carbocycles. The molecule has 0 aromatic heterocycles. The summed E-state index contributed by atoms with van der Waals surface area (Å²) >= 11 is 0. The van der Waals surface area contributed by atoms with Crippen molar-refractivity contribution in [3.8, 4) is 0 Å². The van der Waals surface area contributed by atoms with E-state index in [1.807, 2.05) is 30.3 Å². The van der Waals surface area contributed by atoms with Crippen molar-refractivity contribution < 1.29 is 23.9 Å². The van der Waals surface area contributed by atoms with E-state index >= 15 is 0 Å². The van der Waals surface area contributed by atoms with E-state index in [2.05, 4.69) is 4.74 Å². The Bertz CT molecular complexity index is 308. The average Bonchev–Trinajstić information content (AvgIpc) is 2.18. The lowest BCUT2D eigenvalue weighted by atomic mass is 10.2. The molecule has 1 rings (SSSR count). The van der Waals surface area contributed by atoms with Gasteiger partial charge in [0.25, 0.3) is 0 Å². The molecule has 0 atom stereocenters. The monoisotopic (exact) mass is 231 g/mol. The van der Waals surface area contributed by atoms with Crippen LogP contribution in [0.2, 0.25) is 0 Å². The van der Waals surface area contributed by atoms with Gasteiger partial charge in [-0.05, 0) is 5.56 Å². The zero-order valence-electron chi connectivity index (χ0n) is 8.16. The molecule has 15 heavy (non-hydrogen) atoms. The predicted molar refractivity (Wildman–Crippen MR) is 54.2 cm³/mol. The van der Waals surface area contributed by atoms with Gasteiger partial charge >= 0.3 is 14.2 Å². The van der Waals surface area contributed by atoms with E-state index in [4.69, 9.17) is 14.4 Å². The Balaban J connectivity index is 0.000000423. The summed E-state index contributed by atoms with van der Waals surface area (Å²) in [6.45, 7) is 0. The van der Waals surface area contributed by atoms with Crippen LogP contribution < -0.4 is 0 Å². The lowest BCUT2D eigenvalue weighted by molar-refractivity contribution is -0.139. The highest BCUT2D eigenvalue weighted by molar-refractivity contribution is 7.30. The Labute approximate surface area is 88.3 Å². The van der Waals surface area contributed by atoms with Crippen molar-refractivity contribution in [2.45, 2.75) is 6.42 Å². The van der Waals surface area contributed by atoms with Crippen molar-refractivity contribution >= 4 is 14.2 Å². The Kier molecular flexibility index (Phi) is 7.36. The number of carbonyl (C=O) groups excluding carboxylic acids is 1. The number of hydrogen-bond acceptors (Lipinski definition) is 3. The second kappa shape index (κ2) is 8.05. The van der Waals surface area contributed by atoms with E-state index < -0.39 is 8.25 Å². The van der Waals surface area contributed by atoms with E-state index in [1.165, 1.54) is 7.11 Å². The maximum Gasteiger partial charge on any atom is 0.692 e. The lowest BCUT2D eigenvalue weighted by Gasteiger charge is -1.97. The summed E-state index contributed by atoms with van der Waals surface area (Å²) in [5.41, 5.74) is 0.986. The van der Waals surface area contributed by atoms with Gasteiger partial charge in [-0.3, -0.25) is 4.79 Å². The maximum atomic E-state index is 10.8. The van der Waals surface area contributed by atoms with Crippen LogP contribution in [0.4, 0.5) is 0 Å². The van der Waals surface area contributed by atoms with Crippen LogP contribution in [-0.2, 0) is 20.5 Å². The van der Waals surface area contributed by atoms with Gasteiger partial charge in [0.15, 0.2) is 0 Å². The molecule has 82 valence electrons. The third-order valence-corrected chi connectivity index (χ3v) is 1.42. The first-order valence-corrected chi connectivity index (χ1v) is 5.18. The first-order valence-electron chi connectivity index (χ1n) is 4.02. The molecule has 0 heterocycles. The quantitative estimate of drug-likeness (QED) is 0.586. The molecule has 1 aromatic rings. The Morgan fingerprint density at radius 3 is 2.20 bits per heavy atom. The van der Waals surface area contributed by atoms with Crippen LogP contribution >= 0.6 is 8.25 Å². The summed E-state index contributed by atoms with van der Waals surface area (Å²) in [6.07, 6.45) is 0.358. The molecule has 0 aliphatic heterocycles. The number of methoxy groups -OCH3 is 1. The molecule has 2 N–H and O–H groups in total. The highest BCUT2D eigenvalue weighted by Gasteiger charge is 1.99. The van der Waals surface area contributed by atoms with Gasteiger partial charge < -0.3 is 4.74 Å². The zero-order chi connectivity index (χ0) is 11.7. The van der Waals surface area contributed by atoms with E-state index in [9.17, 15) is 4.79 Å². The standard InChI is InChI=1S/C9H10O2.HO3P/c1-11-9(10)7-8-5-3-2-4-6-8;1-4(2)3/h2-6H,7H2,1H3;(H-,1,2,3)/p+1. The SMILES string of the molecule is COC(=O)Cc1ccccc1.O=[P+](O)O. The molecule has 0 saturated carbocycles. The summed E-state index contributed by atoms with van der Waals surface area (Å²) in [6, 6.07) is 9.52. The highest BCUT2D eigenvalue weighted by atomic mass is 31.1. The first-order chi connectivity index (χ1) is 7.06. The first kappa shape index (κ1) is 13.7. The lowest BCUT2D eigenvalue weighted by Crippen LogP contribution is -2.03. The largest absolute Gasteiger partial charge is 0.692 e. The van der Waals surface area contributed by atoms with Gasteiger partial charge in [0.05, 0.1) is 13.5 Å². The summed E-state index contributed by atoms with van der Waals surface area (Å²) in [4.78, 5) is 25.0. The minimum absolute atomic E-state index is 0.198. The number of ether oxygens (including phenoxy) is 1. The molecule has 0 spiro atoms. The average molecular weight is 231 g/mol. The highest BCUT2D eigenvalue weighted by Crippen LogP contribution is 1.99. The van der Waals surface area contributed by atoms with Crippen molar-refractivity contribution in [3.63, 3.8) is 0 Å². The molecule has 0 fully saturated rings. The van der Waals surface area contributed by atoms with E-state index in [-0.39, 0.29) is 5.97 Å². The van der Waals surface area contributed by atoms with E-state index in [1.54, 1.807) is 0 Å². The Morgan fingerprint density at radius 2 is 1.80 bits per heavy atom. The smallest absolute Gasteiger partial charge is 0.469 e. The summed E-state index contributed by atoms with van der Waals surface area (Å²) in [5, 5.41) is 0. The van der Waals surface area contributed by atoms with Gasteiger partial charge in [-0.25, -0.2) is 0 Å². The summed E-state index contributed by atoms with van der Waals surface area (Å²) in [7, 11) is -1.48. The van der Waals surface area contributed by atoms with Crippen LogP contribution in [0.25, 0.3) is 0 Å². The molecule has 0 saturated heterocycles. The van der Waals surface area contributed by atoms with Crippen LogP contribution in [0.3, 0.4) is 0 Å². The molecule has 0 amide bonds. The number of carbonyl (C=O) groups is 1. The van der Waals surface area contributed by atoms with Gasteiger partial charge in [0.2, 0.25) is 0 Å². The van der Waals surface area contributed by atoms with Gasteiger partial charge in [-0.1, -0.05) is 30.3 Å². The second-order valence-corrected chi connectivity index (χ2v) is 3.00. The molecule has 0 radical (unpaired) electrons. The Hall–Kier alpha value is -1.29. The van der Waals surface area contributed by atoms with E-state index in [0.717, 1.165) is 5.56 Å². The normalized spacial score (nSPS) is 8.47. The van der Waals surface area contributed by atoms with Crippen molar-refractivity contribution in [1.82, 2.24) is 0 Å². The molecular formula is C9H12O5P+. The maximum absolute atomic E-state index is 10.8. The molecule has 0 bridgehead atoms. The van der Waals surface area contributed by atoms with Crippen molar-refractivity contribution in [1.29, 1.82) is 0 Å².